The monoisotopic (exact) mass is 323 g/mol. The quantitative estimate of drug-likeness (QED) is 0.910. The molecule has 1 aromatic rings. The third-order valence-electron chi connectivity index (χ3n) is 3.33. The molecule has 1 saturated heterocycles. The van der Waals surface area contributed by atoms with E-state index in [9.17, 15) is 23.1 Å². The number of nitrogens with zero attached hydrogens (tertiary/aromatic N) is 3. The second kappa shape index (κ2) is 5.53. The number of aryl methyl sites for hydroxylation is 1. The summed E-state index contributed by atoms with van der Waals surface area (Å²) in [5, 5.41) is 13.6. The Bertz CT molecular complexity index is 538. The Labute approximate surface area is 124 Å². The van der Waals surface area contributed by atoms with Gasteiger partial charge in [-0.1, -0.05) is 0 Å². The Morgan fingerprint density at radius 2 is 2.29 bits per heavy atom. The fourth-order valence-electron chi connectivity index (χ4n) is 2.30. The van der Waals surface area contributed by atoms with Gasteiger partial charge in [-0.15, -0.1) is 0 Å². The van der Waals surface area contributed by atoms with Gasteiger partial charge in [0.25, 0.3) is 5.91 Å². The van der Waals surface area contributed by atoms with E-state index in [4.69, 9.17) is 0 Å². The Hall–Kier alpha value is -1.22. The Morgan fingerprint density at radius 3 is 2.81 bits per heavy atom. The molecule has 0 bridgehead atoms. The van der Waals surface area contributed by atoms with Crippen LogP contribution in [0.15, 0.2) is 6.20 Å². The number of likely N-dealkylation sites (N-methyl/N-ethyl adjacent to an activating group) is 1. The van der Waals surface area contributed by atoms with Crippen molar-refractivity contribution in [3.63, 3.8) is 0 Å². The third-order valence-corrected chi connectivity index (χ3v) is 4.50. The van der Waals surface area contributed by atoms with Gasteiger partial charge in [0, 0.05) is 38.2 Å². The van der Waals surface area contributed by atoms with E-state index in [1.54, 1.807) is 0 Å². The maximum Gasteiger partial charge on any atom is 0.435 e. The number of hydrogen-bond acceptors (Lipinski definition) is 4. The van der Waals surface area contributed by atoms with E-state index < -0.39 is 23.4 Å². The number of aliphatic hydroxyl groups is 1. The van der Waals surface area contributed by atoms with E-state index >= 15 is 0 Å². The van der Waals surface area contributed by atoms with E-state index in [0.717, 1.165) is 9.58 Å². The molecule has 2 heterocycles. The molecule has 1 unspecified atom stereocenters. The van der Waals surface area contributed by atoms with Crippen molar-refractivity contribution in [2.75, 3.05) is 18.6 Å². The molecule has 1 atom stereocenters. The fourth-order valence-corrected chi connectivity index (χ4v) is 3.53. The highest BCUT2D eigenvalue weighted by atomic mass is 32.2. The number of carbonyl (C=O) groups excluding carboxylic acids is 1. The van der Waals surface area contributed by atoms with Crippen LogP contribution in [0.5, 0.6) is 0 Å². The van der Waals surface area contributed by atoms with Gasteiger partial charge in [-0.3, -0.25) is 9.48 Å². The normalized spacial score (nSPS) is 22.6. The first kappa shape index (κ1) is 16.2. The van der Waals surface area contributed by atoms with Crippen LogP contribution in [0, 0.1) is 0 Å². The van der Waals surface area contributed by atoms with Gasteiger partial charge in [-0.25, -0.2) is 0 Å². The minimum Gasteiger partial charge on any atom is -0.379 e. The van der Waals surface area contributed by atoms with Gasteiger partial charge in [-0.05, 0) is 12.2 Å². The van der Waals surface area contributed by atoms with Crippen LogP contribution in [0.1, 0.15) is 17.7 Å². The second-order valence-corrected chi connectivity index (χ2v) is 6.27. The van der Waals surface area contributed by atoms with Gasteiger partial charge in [0.2, 0.25) is 0 Å². The zero-order valence-corrected chi connectivity index (χ0v) is 12.5. The zero-order chi connectivity index (χ0) is 15.8. The fraction of sp³-hybridized carbons (Fsp3) is 0.667. The van der Waals surface area contributed by atoms with Crippen molar-refractivity contribution >= 4 is 17.7 Å². The van der Waals surface area contributed by atoms with Gasteiger partial charge in [0.15, 0.2) is 11.3 Å². The highest BCUT2D eigenvalue weighted by Gasteiger charge is 2.42. The number of rotatable bonds is 3. The van der Waals surface area contributed by atoms with Crippen molar-refractivity contribution in [3.8, 4) is 0 Å². The van der Waals surface area contributed by atoms with E-state index in [1.807, 2.05) is 0 Å². The lowest BCUT2D eigenvalue weighted by atomic mass is 10.0. The molecule has 1 aliphatic rings. The molecule has 0 aliphatic carbocycles. The molecule has 5 nitrogen and oxygen atoms in total. The summed E-state index contributed by atoms with van der Waals surface area (Å²) >= 11 is 1.45. The summed E-state index contributed by atoms with van der Waals surface area (Å²) in [6.07, 6.45) is -3.01. The first-order chi connectivity index (χ1) is 9.63. The summed E-state index contributed by atoms with van der Waals surface area (Å²) in [5.41, 5.74) is -2.56. The first-order valence-corrected chi connectivity index (χ1v) is 7.44. The molecule has 9 heteroatoms. The van der Waals surface area contributed by atoms with E-state index in [2.05, 4.69) is 5.10 Å². The van der Waals surface area contributed by atoms with Gasteiger partial charge >= 0.3 is 6.18 Å². The van der Waals surface area contributed by atoms with Crippen molar-refractivity contribution in [2.24, 2.45) is 7.05 Å². The zero-order valence-electron chi connectivity index (χ0n) is 11.6. The van der Waals surface area contributed by atoms with Gasteiger partial charge in [0.05, 0.1) is 0 Å². The third kappa shape index (κ3) is 3.34. The van der Waals surface area contributed by atoms with E-state index in [0.29, 0.717) is 12.2 Å². The predicted molar refractivity (Wildman–Crippen MR) is 71.6 cm³/mol. The minimum atomic E-state index is -4.57. The molecule has 21 heavy (non-hydrogen) atoms. The molecule has 1 aromatic heterocycles. The number of alkyl halides is 3. The SMILES string of the molecule is CN(Cc1cn(C)nc1C(F)(F)F)C(=O)C1(O)CCSC1. The Balaban J connectivity index is 2.16. The summed E-state index contributed by atoms with van der Waals surface area (Å²) in [6, 6.07) is 0. The van der Waals surface area contributed by atoms with Crippen molar-refractivity contribution in [1.29, 1.82) is 0 Å². The van der Waals surface area contributed by atoms with Crippen LogP contribution in [0.4, 0.5) is 13.2 Å². The van der Waals surface area contributed by atoms with Crippen LogP contribution in [0.2, 0.25) is 0 Å². The van der Waals surface area contributed by atoms with Crippen LogP contribution in [0.25, 0.3) is 0 Å². The average molecular weight is 323 g/mol. The number of thioether (sulfide) groups is 1. The molecule has 0 saturated carbocycles. The summed E-state index contributed by atoms with van der Waals surface area (Å²) in [6.45, 7) is -0.242. The maximum absolute atomic E-state index is 12.9. The molecule has 1 N–H and O–H groups in total. The molecule has 2 rings (SSSR count). The molecule has 1 aliphatic heterocycles. The van der Waals surface area contributed by atoms with Crippen molar-refractivity contribution in [2.45, 2.75) is 24.7 Å². The molecular formula is C12H16F3N3O2S. The van der Waals surface area contributed by atoms with Gasteiger partial charge in [-0.2, -0.15) is 30.0 Å². The average Bonchev–Trinajstić information content (AvgIpc) is 2.95. The lowest BCUT2D eigenvalue weighted by Crippen LogP contribution is -2.47. The first-order valence-electron chi connectivity index (χ1n) is 6.29. The molecule has 0 spiro atoms. The van der Waals surface area contributed by atoms with Crippen LogP contribution in [-0.2, 0) is 24.6 Å². The lowest BCUT2D eigenvalue weighted by molar-refractivity contribution is -0.149. The van der Waals surface area contributed by atoms with Crippen molar-refractivity contribution < 1.29 is 23.1 Å². The molecule has 118 valence electrons. The highest BCUT2D eigenvalue weighted by Crippen LogP contribution is 2.32. The lowest BCUT2D eigenvalue weighted by Gasteiger charge is -2.27. The van der Waals surface area contributed by atoms with Crippen molar-refractivity contribution in [1.82, 2.24) is 14.7 Å². The smallest absolute Gasteiger partial charge is 0.379 e. The number of amides is 1. The minimum absolute atomic E-state index is 0.0879. The molecule has 0 aromatic carbocycles. The Kier molecular flexibility index (Phi) is 4.25. The van der Waals surface area contributed by atoms with Crippen LogP contribution < -0.4 is 0 Å². The molecule has 1 amide bonds. The number of aromatic nitrogens is 2. The van der Waals surface area contributed by atoms with E-state index in [-0.39, 0.29) is 17.9 Å². The summed E-state index contributed by atoms with van der Waals surface area (Å²) in [4.78, 5) is 13.3. The largest absolute Gasteiger partial charge is 0.435 e. The van der Waals surface area contributed by atoms with Crippen LogP contribution in [0.3, 0.4) is 0 Å². The Morgan fingerprint density at radius 1 is 1.62 bits per heavy atom. The molecule has 1 fully saturated rings. The van der Waals surface area contributed by atoms with Gasteiger partial charge < -0.3 is 10.0 Å². The highest BCUT2D eigenvalue weighted by molar-refractivity contribution is 7.99. The summed E-state index contributed by atoms with van der Waals surface area (Å²) in [5.74, 6) is 0.385. The van der Waals surface area contributed by atoms with Gasteiger partial charge in [0.1, 0.15) is 0 Å². The van der Waals surface area contributed by atoms with Crippen LogP contribution in [-0.4, -0.2) is 49.8 Å². The van der Waals surface area contributed by atoms with Crippen molar-refractivity contribution in [3.05, 3.63) is 17.5 Å². The topological polar surface area (TPSA) is 58.4 Å². The number of carbonyl (C=O) groups is 1. The predicted octanol–water partition coefficient (Wildman–Crippen LogP) is 1.27. The standard InChI is InChI=1S/C12H16F3N3O2S/c1-17(10(19)11(20)3-4-21-7-11)5-8-6-18(2)16-9(8)12(13,14)15/h6,20H,3-5,7H2,1-2H3. The summed E-state index contributed by atoms with van der Waals surface area (Å²) < 4.78 is 39.6. The molecule has 0 radical (unpaired) electrons. The number of halogens is 3. The second-order valence-electron chi connectivity index (χ2n) is 5.17. The molecular weight excluding hydrogens is 307 g/mol. The van der Waals surface area contributed by atoms with Crippen LogP contribution >= 0.6 is 11.8 Å². The van der Waals surface area contributed by atoms with E-state index in [1.165, 1.54) is 32.1 Å². The maximum atomic E-state index is 12.9. The summed E-state index contributed by atoms with van der Waals surface area (Å²) in [7, 11) is 2.78. The number of hydrogen-bond donors (Lipinski definition) is 1.